The van der Waals surface area contributed by atoms with Crippen molar-refractivity contribution in [1.29, 1.82) is 0 Å². The van der Waals surface area contributed by atoms with E-state index in [1.54, 1.807) is 0 Å². The van der Waals surface area contributed by atoms with Gasteiger partial charge in [0.1, 0.15) is 6.10 Å². The average Bonchev–Trinajstić information content (AvgIpc) is 2.82. The second kappa shape index (κ2) is 48.0. The summed E-state index contributed by atoms with van der Waals surface area (Å²) in [5.41, 5.74) is 0. The van der Waals surface area contributed by atoms with Crippen LogP contribution in [0.1, 0.15) is 6.92 Å². The highest BCUT2D eigenvalue weighted by atomic mass is 16.5. The summed E-state index contributed by atoms with van der Waals surface area (Å²) in [4.78, 5) is 0. The first-order chi connectivity index (χ1) is 15.3. The van der Waals surface area contributed by atoms with Crippen molar-refractivity contribution in [3.05, 3.63) is 0 Å². The summed E-state index contributed by atoms with van der Waals surface area (Å²) >= 11 is 0. The van der Waals surface area contributed by atoms with Gasteiger partial charge in [-0.1, -0.05) is 0 Å². The summed E-state index contributed by atoms with van der Waals surface area (Å²) in [6, 6.07) is 0. The van der Waals surface area contributed by atoms with Gasteiger partial charge in [-0.25, -0.2) is 0 Å². The van der Waals surface area contributed by atoms with Crippen LogP contribution in [0, 0.1) is 0 Å². The van der Waals surface area contributed by atoms with E-state index in [1.165, 1.54) is 6.92 Å². The van der Waals surface area contributed by atoms with Gasteiger partial charge in [-0.05, 0) is 6.92 Å². The Hall–Kier alpha value is -0.560. The summed E-state index contributed by atoms with van der Waals surface area (Å²) in [6.45, 7) is 2.83. The highest BCUT2D eigenvalue weighted by Crippen LogP contribution is 1.76. The van der Waals surface area contributed by atoms with Crippen molar-refractivity contribution in [2.45, 2.75) is 19.1 Å². The van der Waals surface area contributed by atoms with Crippen molar-refractivity contribution in [2.75, 3.05) is 99.1 Å². The first kappa shape index (κ1) is 41.7. The quantitative estimate of drug-likeness (QED) is 0.0967. The molecule has 0 saturated heterocycles. The Morgan fingerprint density at radius 2 is 0.688 bits per heavy atom. The van der Waals surface area contributed by atoms with Crippen molar-refractivity contribution in [3.63, 3.8) is 0 Å². The third-order valence-electron chi connectivity index (χ3n) is 2.10. The predicted molar refractivity (Wildman–Crippen MR) is 114 cm³/mol. The van der Waals surface area contributed by atoms with E-state index < -0.39 is 12.2 Å². The van der Waals surface area contributed by atoms with Crippen LogP contribution < -0.4 is 0 Å². The number of hydrogen-bond donors (Lipinski definition) is 11. The summed E-state index contributed by atoms with van der Waals surface area (Å²) in [5.74, 6) is 0. The average molecular weight is 487 g/mol. The third-order valence-corrected chi connectivity index (χ3v) is 2.10. The van der Waals surface area contributed by atoms with Gasteiger partial charge in [-0.2, -0.15) is 0 Å². The van der Waals surface area contributed by atoms with Gasteiger partial charge in [0.05, 0.1) is 105 Å². The SMILES string of the molecule is CC(O)CO.OCC(O)CO.OCCO.OCCOCCO.OCCOCCOCCO. The van der Waals surface area contributed by atoms with Crippen LogP contribution in [0.5, 0.6) is 0 Å². The predicted octanol–water partition coefficient (Wildman–Crippen LogP) is -5.35. The Bertz CT molecular complexity index is 232. The van der Waals surface area contributed by atoms with E-state index >= 15 is 0 Å². The fraction of sp³-hybridized carbons (Fsp3) is 1.00. The van der Waals surface area contributed by atoms with Gasteiger partial charge in [0.15, 0.2) is 0 Å². The Morgan fingerprint density at radius 3 is 0.812 bits per heavy atom. The summed E-state index contributed by atoms with van der Waals surface area (Å²) in [7, 11) is 0. The second-order valence-electron chi connectivity index (χ2n) is 5.23. The highest BCUT2D eigenvalue weighted by Gasteiger charge is 1.93. The molecule has 0 bridgehead atoms. The first-order valence-electron chi connectivity index (χ1n) is 9.90. The lowest BCUT2D eigenvalue weighted by Crippen LogP contribution is -2.15. The molecule has 1 unspecified atom stereocenters. The number of rotatable bonds is 15. The minimum Gasteiger partial charge on any atom is -0.394 e. The van der Waals surface area contributed by atoms with Gasteiger partial charge in [0, 0.05) is 0 Å². The molecule has 14 nitrogen and oxygen atoms in total. The Labute approximate surface area is 189 Å². The number of aliphatic hydroxyl groups is 11. The van der Waals surface area contributed by atoms with Crippen LogP contribution in [0.4, 0.5) is 0 Å². The van der Waals surface area contributed by atoms with E-state index in [0.29, 0.717) is 39.6 Å². The summed E-state index contributed by atoms with van der Waals surface area (Å²) in [5, 5.41) is 88.0. The zero-order valence-corrected chi connectivity index (χ0v) is 18.9. The molecule has 0 heterocycles. The largest absolute Gasteiger partial charge is 0.394 e. The standard InChI is InChI=1S/C6H14O4.C4H10O3.C3H8O3.C3H8O2.C2H6O2/c7-1-3-9-5-6-10-4-2-8;5-1-3-7-4-2-6;4-1-3(6)2-5;1-3(5)2-4;3-1-2-4/h7-8H,1-6H2;5-6H,1-4H2;3-6H,1-2H2;3-5H,2H2,1H3;3-4H,1-2H2. The molecule has 0 aliphatic carbocycles. The van der Waals surface area contributed by atoms with Crippen molar-refractivity contribution in [3.8, 4) is 0 Å². The molecule has 11 N–H and O–H groups in total. The Morgan fingerprint density at radius 1 is 0.438 bits per heavy atom. The fourth-order valence-electron chi connectivity index (χ4n) is 0.740. The van der Waals surface area contributed by atoms with E-state index in [4.69, 9.17) is 65.6 Å². The summed E-state index contributed by atoms with van der Waals surface area (Å²) < 4.78 is 14.4. The molecular formula is C18H46O14. The molecule has 0 spiro atoms. The molecule has 0 aromatic carbocycles. The molecule has 0 aliphatic rings. The van der Waals surface area contributed by atoms with E-state index in [0.717, 1.165) is 0 Å². The van der Waals surface area contributed by atoms with E-state index in [-0.39, 0.29) is 59.5 Å². The lowest BCUT2D eigenvalue weighted by molar-refractivity contribution is 0.0222. The molecule has 202 valence electrons. The molecule has 32 heavy (non-hydrogen) atoms. The molecule has 0 amide bonds. The summed E-state index contributed by atoms with van der Waals surface area (Å²) in [6.07, 6.45) is -1.51. The molecule has 0 rings (SSSR count). The molecule has 0 radical (unpaired) electrons. The van der Waals surface area contributed by atoms with Crippen molar-refractivity contribution < 1.29 is 70.4 Å². The van der Waals surface area contributed by atoms with E-state index in [9.17, 15) is 0 Å². The maximum atomic E-state index is 8.26. The minimum atomic E-state index is -0.954. The normalized spacial score (nSPS) is 10.4. The Balaban J connectivity index is -0.0000000987. The third kappa shape index (κ3) is 78.3. The second-order valence-corrected chi connectivity index (χ2v) is 5.23. The van der Waals surface area contributed by atoms with Crippen molar-refractivity contribution in [2.24, 2.45) is 0 Å². The van der Waals surface area contributed by atoms with Crippen molar-refractivity contribution >= 4 is 0 Å². The Kier molecular flexibility index (Phi) is 62.5. The highest BCUT2D eigenvalue weighted by molar-refractivity contribution is 4.44. The zero-order chi connectivity index (χ0) is 25.9. The van der Waals surface area contributed by atoms with Gasteiger partial charge >= 0.3 is 0 Å². The molecule has 0 aliphatic heterocycles. The molecule has 0 saturated carbocycles. The van der Waals surface area contributed by atoms with Crippen LogP contribution in [0.2, 0.25) is 0 Å². The lowest BCUT2D eigenvalue weighted by Gasteiger charge is -2.01. The van der Waals surface area contributed by atoms with Crippen LogP contribution >= 0.6 is 0 Å². The van der Waals surface area contributed by atoms with Gasteiger partial charge in [0.2, 0.25) is 0 Å². The monoisotopic (exact) mass is 486 g/mol. The topological polar surface area (TPSA) is 250 Å². The van der Waals surface area contributed by atoms with E-state index in [2.05, 4.69) is 4.74 Å². The molecular weight excluding hydrogens is 440 g/mol. The number of aliphatic hydroxyl groups excluding tert-OH is 11. The van der Waals surface area contributed by atoms with Crippen LogP contribution in [-0.4, -0.2) is 167 Å². The molecule has 0 fully saturated rings. The first-order valence-corrected chi connectivity index (χ1v) is 9.90. The van der Waals surface area contributed by atoms with Crippen molar-refractivity contribution in [1.82, 2.24) is 0 Å². The maximum absolute atomic E-state index is 8.26. The molecule has 0 aromatic heterocycles. The van der Waals surface area contributed by atoms with Gasteiger partial charge in [-0.3, -0.25) is 0 Å². The van der Waals surface area contributed by atoms with Crippen LogP contribution in [0.3, 0.4) is 0 Å². The van der Waals surface area contributed by atoms with Crippen LogP contribution in [0.15, 0.2) is 0 Å². The molecule has 14 heteroatoms. The number of hydrogen-bond acceptors (Lipinski definition) is 14. The van der Waals surface area contributed by atoms with Gasteiger partial charge in [-0.15, -0.1) is 0 Å². The van der Waals surface area contributed by atoms with Crippen LogP contribution in [0.25, 0.3) is 0 Å². The molecule has 1 atom stereocenters. The van der Waals surface area contributed by atoms with E-state index in [1.807, 2.05) is 0 Å². The number of ether oxygens (including phenoxy) is 3. The fourth-order valence-corrected chi connectivity index (χ4v) is 0.740. The molecule has 0 aromatic rings. The van der Waals surface area contributed by atoms with Gasteiger partial charge in [0.25, 0.3) is 0 Å². The van der Waals surface area contributed by atoms with Gasteiger partial charge < -0.3 is 70.4 Å². The lowest BCUT2D eigenvalue weighted by atomic mass is 10.4. The van der Waals surface area contributed by atoms with Crippen LogP contribution in [-0.2, 0) is 14.2 Å². The maximum Gasteiger partial charge on any atom is 0.100 e. The zero-order valence-electron chi connectivity index (χ0n) is 18.9. The smallest absolute Gasteiger partial charge is 0.100 e. The minimum absolute atomic E-state index is 0.0278.